The number of amides is 1. The maximum Gasteiger partial charge on any atom is 0.295 e. The SMILES string of the molecule is COc1cc(C2C3=C(OC4CC(C)C(C)CC4C3=O)C(=O)N2c2ccccn2)cc(OC)c1OC. The highest BCUT2D eigenvalue weighted by Gasteiger charge is 2.54. The number of hydrogen-bond acceptors (Lipinski definition) is 7. The number of ether oxygens (including phenoxy) is 4. The molecule has 5 rings (SSSR count). The quantitative estimate of drug-likeness (QED) is 0.639. The van der Waals surface area contributed by atoms with Gasteiger partial charge in [0.25, 0.3) is 5.91 Å². The van der Waals surface area contributed by atoms with E-state index in [0.717, 1.165) is 12.8 Å². The molecule has 5 unspecified atom stereocenters. The summed E-state index contributed by atoms with van der Waals surface area (Å²) in [5.41, 5.74) is 1.02. The van der Waals surface area contributed by atoms with Gasteiger partial charge in [0.05, 0.1) is 38.9 Å². The van der Waals surface area contributed by atoms with Gasteiger partial charge in [-0.1, -0.05) is 19.9 Å². The van der Waals surface area contributed by atoms with Gasteiger partial charge in [0, 0.05) is 6.20 Å². The molecule has 8 nitrogen and oxygen atoms in total. The second-order valence-corrected chi connectivity index (χ2v) is 9.52. The maximum atomic E-state index is 14.0. The summed E-state index contributed by atoms with van der Waals surface area (Å²) < 4.78 is 22.9. The van der Waals surface area contributed by atoms with E-state index < -0.39 is 6.04 Å². The minimum atomic E-state index is -0.732. The van der Waals surface area contributed by atoms with Crippen LogP contribution in [0.2, 0.25) is 0 Å². The van der Waals surface area contributed by atoms with Crippen molar-refractivity contribution in [3.05, 3.63) is 53.4 Å². The zero-order valence-corrected chi connectivity index (χ0v) is 20.6. The molecule has 0 radical (unpaired) electrons. The third-order valence-electron chi connectivity index (χ3n) is 7.61. The number of benzene rings is 1. The normalized spacial score (nSPS) is 27.8. The topological polar surface area (TPSA) is 87.2 Å². The minimum Gasteiger partial charge on any atom is -0.493 e. The highest BCUT2D eigenvalue weighted by molar-refractivity contribution is 6.17. The third kappa shape index (κ3) is 3.63. The first-order valence-corrected chi connectivity index (χ1v) is 11.9. The van der Waals surface area contributed by atoms with Gasteiger partial charge in [-0.05, 0) is 54.5 Å². The molecule has 1 aromatic carbocycles. The van der Waals surface area contributed by atoms with Crippen molar-refractivity contribution in [1.29, 1.82) is 0 Å². The molecule has 3 heterocycles. The Morgan fingerprint density at radius 2 is 1.66 bits per heavy atom. The Balaban J connectivity index is 1.69. The number of nitrogens with zero attached hydrogens (tertiary/aromatic N) is 2. The number of carbonyl (C=O) groups excluding carboxylic acids is 2. The average Bonchev–Trinajstić information content (AvgIpc) is 3.17. The van der Waals surface area contributed by atoms with E-state index in [2.05, 4.69) is 18.8 Å². The number of anilines is 1. The lowest BCUT2D eigenvalue weighted by molar-refractivity contribution is -0.134. The molecule has 0 spiro atoms. The molecule has 8 heteroatoms. The molecule has 0 N–H and O–H groups in total. The number of Topliss-reactive ketones (excluding diaryl/α,β-unsaturated/α-hetero) is 1. The summed E-state index contributed by atoms with van der Waals surface area (Å²) in [6, 6.07) is 8.16. The van der Waals surface area contributed by atoms with Gasteiger partial charge in [0.2, 0.25) is 5.75 Å². The molecule has 1 aromatic heterocycles. The molecule has 1 fully saturated rings. The van der Waals surface area contributed by atoms with Crippen LogP contribution in [-0.4, -0.2) is 44.1 Å². The molecule has 0 saturated heterocycles. The van der Waals surface area contributed by atoms with Crippen LogP contribution in [0, 0.1) is 17.8 Å². The largest absolute Gasteiger partial charge is 0.493 e. The van der Waals surface area contributed by atoms with Gasteiger partial charge >= 0.3 is 0 Å². The standard InChI is InChI=1S/C27H30N2O6/c1-14-10-17-18(11-15(14)2)35-26-22(24(17)30)23(29(27(26)31)21-8-6-7-9-28-21)16-12-19(32-3)25(34-5)20(13-16)33-4/h6-9,12-15,17-18,23H,10-11H2,1-5H3. The molecule has 35 heavy (non-hydrogen) atoms. The van der Waals surface area contributed by atoms with Gasteiger partial charge in [0.15, 0.2) is 23.0 Å². The second-order valence-electron chi connectivity index (χ2n) is 9.52. The molecule has 5 atom stereocenters. The van der Waals surface area contributed by atoms with Gasteiger partial charge < -0.3 is 18.9 Å². The van der Waals surface area contributed by atoms with E-state index in [0.29, 0.717) is 46.0 Å². The van der Waals surface area contributed by atoms with Gasteiger partial charge in [-0.3, -0.25) is 14.5 Å². The zero-order chi connectivity index (χ0) is 24.9. The number of carbonyl (C=O) groups is 2. The van der Waals surface area contributed by atoms with Gasteiger partial charge in [-0.2, -0.15) is 0 Å². The van der Waals surface area contributed by atoms with Crippen molar-refractivity contribution in [2.24, 2.45) is 17.8 Å². The molecule has 1 saturated carbocycles. The Morgan fingerprint density at radius 3 is 2.26 bits per heavy atom. The molecule has 2 aromatic rings. The molecule has 184 valence electrons. The Kier molecular flexibility index (Phi) is 5.91. The van der Waals surface area contributed by atoms with Crippen LogP contribution in [0.3, 0.4) is 0 Å². The van der Waals surface area contributed by atoms with Crippen LogP contribution in [0.15, 0.2) is 47.9 Å². The number of methoxy groups -OCH3 is 3. The van der Waals surface area contributed by atoms with Crippen molar-refractivity contribution in [1.82, 2.24) is 4.98 Å². The highest BCUT2D eigenvalue weighted by atomic mass is 16.5. The summed E-state index contributed by atoms with van der Waals surface area (Å²) in [7, 11) is 4.60. The highest BCUT2D eigenvalue weighted by Crippen LogP contribution is 2.51. The van der Waals surface area contributed by atoms with Crippen LogP contribution in [0.25, 0.3) is 0 Å². The third-order valence-corrected chi connectivity index (χ3v) is 7.61. The summed E-state index contributed by atoms with van der Waals surface area (Å²) >= 11 is 0. The van der Waals surface area contributed by atoms with Gasteiger partial charge in [0.1, 0.15) is 11.9 Å². The first-order valence-electron chi connectivity index (χ1n) is 11.9. The summed E-state index contributed by atoms with van der Waals surface area (Å²) in [5.74, 6) is 2.02. The Morgan fingerprint density at radius 1 is 0.971 bits per heavy atom. The fourth-order valence-electron chi connectivity index (χ4n) is 5.57. The monoisotopic (exact) mass is 478 g/mol. The Labute approximate surface area is 204 Å². The van der Waals surface area contributed by atoms with Crippen LogP contribution in [-0.2, 0) is 14.3 Å². The molecule has 2 aliphatic heterocycles. The number of hydrogen-bond donors (Lipinski definition) is 0. The number of aromatic nitrogens is 1. The van der Waals surface area contributed by atoms with Crippen molar-refractivity contribution in [2.45, 2.75) is 38.8 Å². The minimum absolute atomic E-state index is 0.0273. The van der Waals surface area contributed by atoms with E-state index in [9.17, 15) is 9.59 Å². The first-order chi connectivity index (χ1) is 16.9. The Hall–Kier alpha value is -3.55. The molecule has 0 bridgehead atoms. The molecule has 1 amide bonds. The summed E-state index contributed by atoms with van der Waals surface area (Å²) in [5, 5.41) is 0. The predicted molar refractivity (Wildman–Crippen MR) is 129 cm³/mol. The van der Waals surface area contributed by atoms with E-state index in [1.165, 1.54) is 26.2 Å². The lowest BCUT2D eigenvalue weighted by atomic mass is 9.70. The van der Waals surface area contributed by atoms with Crippen molar-refractivity contribution in [3.63, 3.8) is 0 Å². The lowest BCUT2D eigenvalue weighted by Crippen LogP contribution is -2.43. The zero-order valence-electron chi connectivity index (χ0n) is 20.6. The van der Waals surface area contributed by atoms with Crippen LogP contribution in [0.5, 0.6) is 17.2 Å². The summed E-state index contributed by atoms with van der Waals surface area (Å²) in [4.78, 5) is 33.8. The number of ketones is 1. The lowest BCUT2D eigenvalue weighted by Gasteiger charge is -2.40. The summed E-state index contributed by atoms with van der Waals surface area (Å²) in [6.45, 7) is 4.35. The van der Waals surface area contributed by atoms with Crippen molar-refractivity contribution in [3.8, 4) is 17.2 Å². The second kappa shape index (κ2) is 8.91. The molecular weight excluding hydrogens is 448 g/mol. The number of fused-ring (bicyclic) bond motifs is 1. The van der Waals surface area contributed by atoms with E-state index in [-0.39, 0.29) is 29.5 Å². The molecular formula is C27H30N2O6. The van der Waals surface area contributed by atoms with E-state index in [1.807, 2.05) is 6.07 Å². The Bertz CT molecular complexity index is 1170. The number of rotatable bonds is 5. The van der Waals surface area contributed by atoms with E-state index in [1.54, 1.807) is 30.5 Å². The van der Waals surface area contributed by atoms with Gasteiger partial charge in [-0.15, -0.1) is 0 Å². The van der Waals surface area contributed by atoms with E-state index >= 15 is 0 Å². The first kappa shape index (κ1) is 23.2. The van der Waals surface area contributed by atoms with Crippen molar-refractivity contribution < 1.29 is 28.5 Å². The predicted octanol–water partition coefficient (Wildman–Crippen LogP) is 4.10. The van der Waals surface area contributed by atoms with Crippen molar-refractivity contribution in [2.75, 3.05) is 26.2 Å². The van der Waals surface area contributed by atoms with Crippen molar-refractivity contribution >= 4 is 17.5 Å². The fourth-order valence-corrected chi connectivity index (χ4v) is 5.57. The van der Waals surface area contributed by atoms with Crippen LogP contribution < -0.4 is 19.1 Å². The number of pyridine rings is 1. The van der Waals surface area contributed by atoms with Crippen LogP contribution in [0.4, 0.5) is 5.82 Å². The summed E-state index contributed by atoms with van der Waals surface area (Å²) in [6.07, 6.45) is 2.82. The van der Waals surface area contributed by atoms with Crippen LogP contribution in [0.1, 0.15) is 38.3 Å². The fraction of sp³-hybridized carbons (Fsp3) is 0.444. The molecule has 3 aliphatic rings. The smallest absolute Gasteiger partial charge is 0.295 e. The molecule has 1 aliphatic carbocycles. The van der Waals surface area contributed by atoms with Gasteiger partial charge in [-0.25, -0.2) is 4.98 Å². The average molecular weight is 479 g/mol. The van der Waals surface area contributed by atoms with E-state index in [4.69, 9.17) is 18.9 Å². The van der Waals surface area contributed by atoms with Crippen LogP contribution >= 0.6 is 0 Å². The maximum absolute atomic E-state index is 14.0.